The van der Waals surface area contributed by atoms with Crippen molar-refractivity contribution in [1.82, 2.24) is 5.32 Å². The van der Waals surface area contributed by atoms with Crippen LogP contribution in [0.1, 0.15) is 6.42 Å². The number of halogens is 2. The second-order valence-electron chi connectivity index (χ2n) is 3.93. The zero-order chi connectivity index (χ0) is 15.1. The fourth-order valence-corrected chi connectivity index (χ4v) is 2.14. The van der Waals surface area contributed by atoms with Gasteiger partial charge in [0.05, 0.1) is 0 Å². The van der Waals surface area contributed by atoms with E-state index in [1.165, 1.54) is 17.8 Å². The molecule has 0 radical (unpaired) electrons. The van der Waals surface area contributed by atoms with E-state index in [1.807, 2.05) is 6.26 Å². The first-order valence-electron chi connectivity index (χ1n) is 5.67. The summed E-state index contributed by atoms with van der Waals surface area (Å²) < 4.78 is 13.1. The molecule has 1 aromatic rings. The molecule has 0 saturated carbocycles. The van der Waals surface area contributed by atoms with Crippen LogP contribution in [0.5, 0.6) is 0 Å². The smallest absolute Gasteiger partial charge is 0.326 e. The summed E-state index contributed by atoms with van der Waals surface area (Å²) in [6.45, 7) is 0. The lowest BCUT2D eigenvalue weighted by Gasteiger charge is -2.14. The number of urea groups is 1. The topological polar surface area (TPSA) is 78.4 Å². The number of nitrogens with one attached hydrogen (secondary N) is 2. The van der Waals surface area contributed by atoms with E-state index in [2.05, 4.69) is 10.6 Å². The molecule has 0 aliphatic rings. The highest BCUT2D eigenvalue weighted by atomic mass is 35.5. The molecule has 0 fully saturated rings. The maximum Gasteiger partial charge on any atom is 0.326 e. The second kappa shape index (κ2) is 7.96. The molecule has 0 spiro atoms. The third-order valence-corrected chi connectivity index (χ3v) is 3.20. The number of thioether (sulfide) groups is 1. The van der Waals surface area contributed by atoms with E-state index in [1.54, 1.807) is 0 Å². The molecule has 0 bridgehead atoms. The predicted molar refractivity (Wildman–Crippen MR) is 78.0 cm³/mol. The van der Waals surface area contributed by atoms with E-state index in [-0.39, 0.29) is 10.7 Å². The van der Waals surface area contributed by atoms with E-state index in [9.17, 15) is 14.0 Å². The van der Waals surface area contributed by atoms with Crippen molar-refractivity contribution in [1.29, 1.82) is 0 Å². The lowest BCUT2D eigenvalue weighted by molar-refractivity contribution is -0.139. The third-order valence-electron chi connectivity index (χ3n) is 2.33. The van der Waals surface area contributed by atoms with Gasteiger partial charge in [0.2, 0.25) is 0 Å². The van der Waals surface area contributed by atoms with Crippen LogP contribution in [0.4, 0.5) is 14.9 Å². The summed E-state index contributed by atoms with van der Waals surface area (Å²) >= 11 is 7.13. The Kier molecular flexibility index (Phi) is 6.60. The Morgan fingerprint density at radius 2 is 2.15 bits per heavy atom. The molecule has 0 saturated heterocycles. The Labute approximate surface area is 124 Å². The van der Waals surface area contributed by atoms with Gasteiger partial charge in [-0.2, -0.15) is 11.8 Å². The minimum absolute atomic E-state index is 0.137. The number of carbonyl (C=O) groups excluding carboxylic acids is 1. The number of carbonyl (C=O) groups is 2. The summed E-state index contributed by atoms with van der Waals surface area (Å²) in [6, 6.07) is 1.83. The number of carboxylic acids is 1. The molecule has 0 unspecified atom stereocenters. The molecule has 1 aromatic carbocycles. The quantitative estimate of drug-likeness (QED) is 0.753. The van der Waals surface area contributed by atoms with E-state index in [0.717, 1.165) is 12.1 Å². The Morgan fingerprint density at radius 3 is 2.70 bits per heavy atom. The van der Waals surface area contributed by atoms with Gasteiger partial charge in [0.15, 0.2) is 0 Å². The minimum Gasteiger partial charge on any atom is -0.480 e. The Bertz CT molecular complexity index is 481. The normalized spacial score (nSPS) is 11.8. The SMILES string of the molecule is CSCC[C@@H](NC(=O)Nc1cc(F)cc(Cl)c1)C(=O)O. The summed E-state index contributed by atoms with van der Waals surface area (Å²) in [5.41, 5.74) is 0.154. The first kappa shape index (κ1) is 16.6. The van der Waals surface area contributed by atoms with Crippen molar-refractivity contribution in [2.45, 2.75) is 12.5 Å². The number of anilines is 1. The molecule has 20 heavy (non-hydrogen) atoms. The fraction of sp³-hybridized carbons (Fsp3) is 0.333. The summed E-state index contributed by atoms with van der Waals surface area (Å²) in [5, 5.41) is 13.8. The van der Waals surface area contributed by atoms with Crippen LogP contribution in [0, 0.1) is 5.82 Å². The average Bonchev–Trinajstić information content (AvgIpc) is 2.32. The first-order valence-corrected chi connectivity index (χ1v) is 7.45. The Morgan fingerprint density at radius 1 is 1.45 bits per heavy atom. The lowest BCUT2D eigenvalue weighted by Crippen LogP contribution is -2.43. The zero-order valence-corrected chi connectivity index (χ0v) is 12.2. The van der Waals surface area contributed by atoms with Crippen molar-refractivity contribution in [2.75, 3.05) is 17.3 Å². The van der Waals surface area contributed by atoms with E-state index in [0.29, 0.717) is 12.2 Å². The Hall–Kier alpha value is -1.47. The van der Waals surface area contributed by atoms with Crippen molar-refractivity contribution in [3.63, 3.8) is 0 Å². The summed E-state index contributed by atoms with van der Waals surface area (Å²) in [5.74, 6) is -1.11. The van der Waals surface area contributed by atoms with Crippen molar-refractivity contribution in [3.8, 4) is 0 Å². The van der Waals surface area contributed by atoms with Gasteiger partial charge in [-0.3, -0.25) is 0 Å². The molecule has 0 aliphatic heterocycles. The number of hydrogen-bond donors (Lipinski definition) is 3. The number of benzene rings is 1. The third kappa shape index (κ3) is 5.66. The van der Waals surface area contributed by atoms with Gasteiger partial charge in [0.1, 0.15) is 11.9 Å². The number of amides is 2. The van der Waals surface area contributed by atoms with Crippen molar-refractivity contribution < 1.29 is 19.1 Å². The van der Waals surface area contributed by atoms with E-state index in [4.69, 9.17) is 16.7 Å². The van der Waals surface area contributed by atoms with Gasteiger partial charge in [0, 0.05) is 10.7 Å². The van der Waals surface area contributed by atoms with E-state index >= 15 is 0 Å². The molecule has 1 atom stereocenters. The molecular weight excluding hydrogens is 307 g/mol. The van der Waals surface area contributed by atoms with Crippen LogP contribution < -0.4 is 10.6 Å². The van der Waals surface area contributed by atoms with Crippen LogP contribution in [-0.2, 0) is 4.79 Å². The van der Waals surface area contributed by atoms with Gasteiger partial charge in [-0.15, -0.1) is 0 Å². The molecule has 3 N–H and O–H groups in total. The highest BCUT2D eigenvalue weighted by molar-refractivity contribution is 7.98. The number of carboxylic acid groups (broad SMARTS) is 1. The van der Waals surface area contributed by atoms with Gasteiger partial charge >= 0.3 is 12.0 Å². The summed E-state index contributed by atoms with van der Waals surface area (Å²) in [4.78, 5) is 22.6. The molecule has 0 aliphatic carbocycles. The number of hydrogen-bond acceptors (Lipinski definition) is 3. The number of rotatable bonds is 6. The molecule has 2 amide bonds. The monoisotopic (exact) mass is 320 g/mol. The summed E-state index contributed by atoms with van der Waals surface area (Å²) in [6.07, 6.45) is 2.14. The van der Waals surface area contributed by atoms with Crippen LogP contribution in [0.25, 0.3) is 0 Å². The molecule has 110 valence electrons. The lowest BCUT2D eigenvalue weighted by atomic mass is 10.2. The largest absolute Gasteiger partial charge is 0.480 e. The molecule has 0 heterocycles. The molecule has 5 nitrogen and oxygen atoms in total. The van der Waals surface area contributed by atoms with Crippen LogP contribution in [0.15, 0.2) is 18.2 Å². The zero-order valence-electron chi connectivity index (χ0n) is 10.7. The van der Waals surface area contributed by atoms with Crippen LogP contribution >= 0.6 is 23.4 Å². The van der Waals surface area contributed by atoms with Crippen LogP contribution in [0.2, 0.25) is 5.02 Å². The van der Waals surface area contributed by atoms with Gasteiger partial charge in [-0.25, -0.2) is 14.0 Å². The minimum atomic E-state index is -1.12. The maximum absolute atomic E-state index is 13.1. The second-order valence-corrected chi connectivity index (χ2v) is 5.35. The van der Waals surface area contributed by atoms with Gasteiger partial charge in [-0.1, -0.05) is 11.6 Å². The summed E-state index contributed by atoms with van der Waals surface area (Å²) in [7, 11) is 0. The van der Waals surface area contributed by atoms with Crippen LogP contribution in [0.3, 0.4) is 0 Å². The Balaban J connectivity index is 2.63. The van der Waals surface area contributed by atoms with Gasteiger partial charge in [0.25, 0.3) is 0 Å². The van der Waals surface area contributed by atoms with Crippen molar-refractivity contribution >= 4 is 41.1 Å². The van der Waals surface area contributed by atoms with Gasteiger partial charge in [-0.05, 0) is 36.6 Å². The van der Waals surface area contributed by atoms with Crippen molar-refractivity contribution in [3.05, 3.63) is 29.0 Å². The molecule has 0 aromatic heterocycles. The highest BCUT2D eigenvalue weighted by Crippen LogP contribution is 2.17. The molecule has 8 heteroatoms. The van der Waals surface area contributed by atoms with Crippen molar-refractivity contribution in [2.24, 2.45) is 0 Å². The van der Waals surface area contributed by atoms with Crippen LogP contribution in [-0.4, -0.2) is 35.2 Å². The fourth-order valence-electron chi connectivity index (χ4n) is 1.44. The first-order chi connectivity index (χ1) is 9.42. The van der Waals surface area contributed by atoms with Gasteiger partial charge < -0.3 is 15.7 Å². The molecular formula is C12H14ClFN2O3S. The molecule has 1 rings (SSSR count). The maximum atomic E-state index is 13.1. The highest BCUT2D eigenvalue weighted by Gasteiger charge is 2.19. The predicted octanol–water partition coefficient (Wildman–Crippen LogP) is 2.81. The standard InChI is InChI=1S/C12H14ClFN2O3S/c1-20-3-2-10(11(17)18)16-12(19)15-9-5-7(13)4-8(14)6-9/h4-6,10H,2-3H2,1H3,(H,17,18)(H2,15,16,19)/t10-/m1/s1. The average molecular weight is 321 g/mol. The van der Waals surface area contributed by atoms with E-state index < -0.39 is 23.9 Å². The number of aliphatic carboxylic acids is 1.